The molecule has 0 unspecified atom stereocenters. The quantitative estimate of drug-likeness (QED) is 0.474. The molecule has 1 saturated carbocycles. The number of hydrogen-bond acceptors (Lipinski definition) is 5. The van der Waals surface area contributed by atoms with Gasteiger partial charge in [-0.15, -0.1) is 12.4 Å². The van der Waals surface area contributed by atoms with E-state index in [1.165, 1.54) is 49.4 Å². The number of benzene rings is 1. The van der Waals surface area contributed by atoms with Gasteiger partial charge in [0.15, 0.2) is 0 Å². The van der Waals surface area contributed by atoms with E-state index in [-0.39, 0.29) is 36.0 Å². The largest absolute Gasteiger partial charge is 0.448 e. The smallest absolute Gasteiger partial charge is 0.297 e. The van der Waals surface area contributed by atoms with Crippen molar-refractivity contribution in [2.75, 3.05) is 13.1 Å². The van der Waals surface area contributed by atoms with E-state index in [1.807, 2.05) is 18.2 Å². The lowest BCUT2D eigenvalue weighted by molar-refractivity contribution is -0.121. The molecule has 29 heavy (non-hydrogen) atoms. The highest BCUT2D eigenvalue weighted by atomic mass is 35.5. The standard InChI is InChI=1S/C21H26N4O3.ClH/c26-18(23-12-11-22-15-7-3-1-2-4-8-15)13-25-14-24-19-16-9-5-6-10-17(16)28-20(19)21(25)27;/h5-6,9-10,14-15,22H,1-4,7-8,11-13H2,(H,23,26);1H. The molecule has 1 aliphatic carbocycles. The summed E-state index contributed by atoms with van der Waals surface area (Å²) in [6.07, 6.45) is 9.06. The van der Waals surface area contributed by atoms with Crippen molar-refractivity contribution < 1.29 is 9.21 Å². The highest BCUT2D eigenvalue weighted by Crippen LogP contribution is 2.24. The third-order valence-corrected chi connectivity index (χ3v) is 5.40. The topological polar surface area (TPSA) is 89.2 Å². The normalized spacial score (nSPS) is 15.2. The number of carbonyl (C=O) groups excluding carboxylic acids is 1. The number of amides is 1. The van der Waals surface area contributed by atoms with Gasteiger partial charge in [-0.05, 0) is 25.0 Å². The second kappa shape index (κ2) is 9.89. The van der Waals surface area contributed by atoms with Crippen molar-refractivity contribution >= 4 is 40.4 Å². The summed E-state index contributed by atoms with van der Waals surface area (Å²) in [6, 6.07) is 7.95. The van der Waals surface area contributed by atoms with Crippen LogP contribution in [0.2, 0.25) is 0 Å². The minimum absolute atomic E-state index is 0. The molecule has 0 aliphatic heterocycles. The maximum Gasteiger partial charge on any atom is 0.297 e. The molecular formula is C21H27ClN4O3. The van der Waals surface area contributed by atoms with Crippen molar-refractivity contribution in [3.05, 3.63) is 40.9 Å². The van der Waals surface area contributed by atoms with Crippen molar-refractivity contribution in [2.45, 2.75) is 51.1 Å². The van der Waals surface area contributed by atoms with Gasteiger partial charge in [0, 0.05) is 24.5 Å². The lowest BCUT2D eigenvalue weighted by Gasteiger charge is -2.16. The minimum atomic E-state index is -0.340. The van der Waals surface area contributed by atoms with Gasteiger partial charge in [-0.2, -0.15) is 0 Å². The number of para-hydroxylation sites is 1. The van der Waals surface area contributed by atoms with Gasteiger partial charge in [-0.1, -0.05) is 37.8 Å². The van der Waals surface area contributed by atoms with Crippen LogP contribution in [0.25, 0.3) is 22.1 Å². The van der Waals surface area contributed by atoms with Gasteiger partial charge >= 0.3 is 0 Å². The monoisotopic (exact) mass is 418 g/mol. The van der Waals surface area contributed by atoms with Gasteiger partial charge in [-0.3, -0.25) is 14.2 Å². The fraction of sp³-hybridized carbons (Fsp3) is 0.476. The Balaban J connectivity index is 0.00000240. The van der Waals surface area contributed by atoms with E-state index in [0.717, 1.165) is 11.9 Å². The van der Waals surface area contributed by atoms with Crippen LogP contribution in [0.3, 0.4) is 0 Å². The molecule has 0 saturated heterocycles. The summed E-state index contributed by atoms with van der Waals surface area (Å²) in [4.78, 5) is 29.2. The van der Waals surface area contributed by atoms with Gasteiger partial charge < -0.3 is 15.1 Å². The fourth-order valence-electron chi connectivity index (χ4n) is 3.90. The van der Waals surface area contributed by atoms with Crippen LogP contribution in [-0.2, 0) is 11.3 Å². The summed E-state index contributed by atoms with van der Waals surface area (Å²) in [5.74, 6) is -0.206. The van der Waals surface area contributed by atoms with E-state index in [9.17, 15) is 9.59 Å². The summed E-state index contributed by atoms with van der Waals surface area (Å²) < 4.78 is 6.93. The molecule has 1 fully saturated rings. The second-order valence-corrected chi connectivity index (χ2v) is 7.45. The fourth-order valence-corrected chi connectivity index (χ4v) is 3.90. The average Bonchev–Trinajstić information content (AvgIpc) is 2.89. The van der Waals surface area contributed by atoms with Crippen molar-refractivity contribution in [1.82, 2.24) is 20.2 Å². The Labute approximate surface area is 175 Å². The number of carbonyl (C=O) groups is 1. The first-order chi connectivity index (χ1) is 13.7. The van der Waals surface area contributed by atoms with Crippen molar-refractivity contribution in [2.24, 2.45) is 0 Å². The third-order valence-electron chi connectivity index (χ3n) is 5.40. The van der Waals surface area contributed by atoms with Crippen molar-refractivity contribution in [3.63, 3.8) is 0 Å². The summed E-state index contributed by atoms with van der Waals surface area (Å²) in [5, 5.41) is 7.19. The molecule has 2 N–H and O–H groups in total. The number of nitrogens with one attached hydrogen (secondary N) is 2. The van der Waals surface area contributed by atoms with E-state index in [2.05, 4.69) is 15.6 Å². The van der Waals surface area contributed by atoms with E-state index >= 15 is 0 Å². The number of hydrogen-bond donors (Lipinski definition) is 2. The summed E-state index contributed by atoms with van der Waals surface area (Å²) in [6.45, 7) is 1.22. The Morgan fingerprint density at radius 3 is 2.69 bits per heavy atom. The van der Waals surface area contributed by atoms with Crippen molar-refractivity contribution in [3.8, 4) is 0 Å². The predicted molar refractivity (Wildman–Crippen MR) is 116 cm³/mol. The number of aromatic nitrogens is 2. The Morgan fingerprint density at radius 2 is 1.90 bits per heavy atom. The SMILES string of the molecule is Cl.O=C(Cn1cnc2c(oc3ccccc32)c1=O)NCCNC1CCCCCC1. The predicted octanol–water partition coefficient (Wildman–Crippen LogP) is 2.99. The molecule has 2 heterocycles. The molecular weight excluding hydrogens is 392 g/mol. The molecule has 3 aromatic rings. The Bertz CT molecular complexity index is 1020. The number of halogens is 1. The van der Waals surface area contributed by atoms with Gasteiger partial charge in [0.2, 0.25) is 11.5 Å². The lowest BCUT2D eigenvalue weighted by atomic mass is 10.1. The molecule has 0 atom stereocenters. The number of rotatable bonds is 6. The first kappa shape index (κ1) is 21.3. The molecule has 0 radical (unpaired) electrons. The molecule has 1 aromatic carbocycles. The van der Waals surface area contributed by atoms with Gasteiger partial charge in [0.1, 0.15) is 17.6 Å². The maximum atomic E-state index is 12.6. The van der Waals surface area contributed by atoms with E-state index in [4.69, 9.17) is 4.42 Å². The summed E-state index contributed by atoms with van der Waals surface area (Å²) in [7, 11) is 0. The third kappa shape index (κ3) is 4.97. The zero-order valence-electron chi connectivity index (χ0n) is 16.4. The Kier molecular flexibility index (Phi) is 7.28. The highest BCUT2D eigenvalue weighted by molar-refractivity contribution is 6.01. The average molecular weight is 419 g/mol. The van der Waals surface area contributed by atoms with Crippen LogP contribution in [0.1, 0.15) is 38.5 Å². The van der Waals surface area contributed by atoms with Crippen LogP contribution in [0.4, 0.5) is 0 Å². The molecule has 2 aromatic heterocycles. The zero-order chi connectivity index (χ0) is 19.3. The lowest BCUT2D eigenvalue weighted by Crippen LogP contribution is -2.39. The number of nitrogens with zero attached hydrogens (tertiary/aromatic N) is 2. The molecule has 1 amide bonds. The van der Waals surface area contributed by atoms with E-state index < -0.39 is 0 Å². The van der Waals surface area contributed by atoms with E-state index in [0.29, 0.717) is 23.7 Å². The van der Waals surface area contributed by atoms with Crippen molar-refractivity contribution in [1.29, 1.82) is 0 Å². The van der Waals surface area contributed by atoms with Crippen LogP contribution in [0, 0.1) is 0 Å². The summed E-state index contributed by atoms with van der Waals surface area (Å²) >= 11 is 0. The highest BCUT2D eigenvalue weighted by Gasteiger charge is 2.15. The molecule has 8 heteroatoms. The number of fused-ring (bicyclic) bond motifs is 3. The zero-order valence-corrected chi connectivity index (χ0v) is 17.2. The Morgan fingerprint density at radius 1 is 1.14 bits per heavy atom. The van der Waals surface area contributed by atoms with Crippen LogP contribution in [0.15, 0.2) is 39.8 Å². The van der Waals surface area contributed by atoms with Crippen LogP contribution in [-0.4, -0.2) is 34.6 Å². The molecule has 4 rings (SSSR count). The Hall–Kier alpha value is -2.38. The van der Waals surface area contributed by atoms with E-state index in [1.54, 1.807) is 6.07 Å². The first-order valence-corrected chi connectivity index (χ1v) is 10.1. The van der Waals surface area contributed by atoms with Crippen LogP contribution >= 0.6 is 12.4 Å². The van der Waals surface area contributed by atoms with Gasteiger partial charge in [0.05, 0.1) is 6.33 Å². The van der Waals surface area contributed by atoms with Crippen LogP contribution in [0.5, 0.6) is 0 Å². The second-order valence-electron chi connectivity index (χ2n) is 7.45. The van der Waals surface area contributed by atoms with Crippen LogP contribution < -0.4 is 16.2 Å². The maximum absolute atomic E-state index is 12.6. The first-order valence-electron chi connectivity index (χ1n) is 10.1. The molecule has 0 spiro atoms. The minimum Gasteiger partial charge on any atom is -0.448 e. The molecule has 1 aliphatic rings. The summed E-state index contributed by atoms with van der Waals surface area (Å²) in [5.41, 5.74) is 0.998. The van der Waals surface area contributed by atoms with Gasteiger partial charge in [-0.25, -0.2) is 4.98 Å². The number of furan rings is 1. The molecule has 156 valence electrons. The molecule has 7 nitrogen and oxygen atoms in total. The van der Waals surface area contributed by atoms with Gasteiger partial charge in [0.25, 0.3) is 5.56 Å². The molecule has 0 bridgehead atoms.